The van der Waals surface area contributed by atoms with Crippen LogP contribution < -0.4 is 15.8 Å². The molecule has 86 valence electrons. The second kappa shape index (κ2) is 3.99. The Kier molecular flexibility index (Phi) is 2.62. The van der Waals surface area contributed by atoms with Gasteiger partial charge in [-0.15, -0.1) is 0 Å². The minimum atomic E-state index is -0.0409. The topological polar surface area (TPSA) is 61.0 Å². The summed E-state index contributed by atoms with van der Waals surface area (Å²) in [6.07, 6.45) is 1.49. The first-order valence-corrected chi connectivity index (χ1v) is 6.52. The van der Waals surface area contributed by atoms with E-state index in [1.54, 1.807) is 0 Å². The van der Waals surface area contributed by atoms with Crippen LogP contribution in [-0.2, 0) is 0 Å². The molecule has 2 fully saturated rings. The fraction of sp³-hybridized carbons (Fsp3) is 0.600. The number of H-pyrrole nitrogens is 1. The minimum absolute atomic E-state index is 0.0409. The van der Waals surface area contributed by atoms with Crippen molar-refractivity contribution < 1.29 is 0 Å². The monoisotopic (exact) mass is 332 g/mol. The number of hydrogen-bond donors (Lipinski definition) is 2. The number of halogens is 1. The van der Waals surface area contributed by atoms with E-state index in [-0.39, 0.29) is 5.56 Å². The molecule has 2 saturated heterocycles. The standard InChI is InChI=1S/C10H13IN4O/c11-8-9(13-5-14-10(8)16)15-3-6-1-12-2-7(6)4-15/h5-7,12H,1-4H2,(H,13,14,16). The zero-order valence-corrected chi connectivity index (χ0v) is 10.9. The predicted molar refractivity (Wildman–Crippen MR) is 69.6 cm³/mol. The van der Waals surface area contributed by atoms with Gasteiger partial charge in [0, 0.05) is 26.2 Å². The summed E-state index contributed by atoms with van der Waals surface area (Å²) >= 11 is 2.08. The fourth-order valence-corrected chi connectivity index (χ4v) is 3.26. The lowest BCUT2D eigenvalue weighted by molar-refractivity contribution is 0.533. The molecule has 0 bridgehead atoms. The Morgan fingerprint density at radius 2 is 2.06 bits per heavy atom. The minimum Gasteiger partial charge on any atom is -0.355 e. The Balaban J connectivity index is 1.89. The van der Waals surface area contributed by atoms with Gasteiger partial charge in [-0.1, -0.05) is 0 Å². The lowest BCUT2D eigenvalue weighted by atomic mass is 10.0. The van der Waals surface area contributed by atoms with Crippen molar-refractivity contribution in [2.24, 2.45) is 11.8 Å². The molecular formula is C10H13IN4O. The van der Waals surface area contributed by atoms with Crippen molar-refractivity contribution in [2.45, 2.75) is 0 Å². The fourth-order valence-electron chi connectivity index (χ4n) is 2.62. The highest BCUT2D eigenvalue weighted by atomic mass is 127. The largest absolute Gasteiger partial charge is 0.355 e. The van der Waals surface area contributed by atoms with Crippen molar-refractivity contribution in [3.63, 3.8) is 0 Å². The molecule has 3 heterocycles. The molecule has 5 nitrogen and oxygen atoms in total. The van der Waals surface area contributed by atoms with Crippen LogP contribution >= 0.6 is 22.6 Å². The van der Waals surface area contributed by atoms with Gasteiger partial charge in [0.2, 0.25) is 0 Å². The van der Waals surface area contributed by atoms with Gasteiger partial charge in [0.05, 0.1) is 6.33 Å². The van der Waals surface area contributed by atoms with E-state index in [0.29, 0.717) is 3.57 Å². The Labute approximate surface area is 107 Å². The zero-order chi connectivity index (χ0) is 11.1. The Hall–Kier alpha value is -0.630. The highest BCUT2D eigenvalue weighted by Gasteiger charge is 2.37. The number of hydrogen-bond acceptors (Lipinski definition) is 4. The third-order valence-electron chi connectivity index (χ3n) is 3.47. The highest BCUT2D eigenvalue weighted by Crippen LogP contribution is 2.30. The van der Waals surface area contributed by atoms with E-state index in [1.165, 1.54) is 6.33 Å². The zero-order valence-electron chi connectivity index (χ0n) is 8.74. The molecule has 1 aromatic heterocycles. The second-order valence-electron chi connectivity index (χ2n) is 4.45. The van der Waals surface area contributed by atoms with Crippen LogP contribution in [0.25, 0.3) is 0 Å². The maximum absolute atomic E-state index is 11.5. The Bertz CT molecular complexity index is 448. The number of nitrogens with one attached hydrogen (secondary N) is 2. The summed E-state index contributed by atoms with van der Waals surface area (Å²) in [6.45, 7) is 4.23. The number of aromatic nitrogens is 2. The van der Waals surface area contributed by atoms with E-state index in [4.69, 9.17) is 0 Å². The highest BCUT2D eigenvalue weighted by molar-refractivity contribution is 14.1. The normalized spacial score (nSPS) is 28.4. The average molecular weight is 332 g/mol. The first kappa shape index (κ1) is 10.5. The van der Waals surface area contributed by atoms with Crippen LogP contribution in [0.5, 0.6) is 0 Å². The van der Waals surface area contributed by atoms with Gasteiger partial charge in [-0.2, -0.15) is 0 Å². The first-order chi connectivity index (χ1) is 7.75. The summed E-state index contributed by atoms with van der Waals surface area (Å²) < 4.78 is 0.702. The van der Waals surface area contributed by atoms with Crippen molar-refractivity contribution in [3.05, 3.63) is 20.3 Å². The molecule has 6 heteroatoms. The lowest BCUT2D eigenvalue weighted by Gasteiger charge is -2.18. The molecule has 2 aliphatic rings. The summed E-state index contributed by atoms with van der Waals surface area (Å²) in [5.41, 5.74) is -0.0409. The molecular weight excluding hydrogens is 319 g/mol. The SMILES string of the molecule is O=c1[nH]cnc(N2CC3CNCC3C2)c1I. The molecule has 0 aromatic carbocycles. The van der Waals surface area contributed by atoms with E-state index < -0.39 is 0 Å². The third kappa shape index (κ3) is 1.64. The van der Waals surface area contributed by atoms with Crippen molar-refractivity contribution in [1.82, 2.24) is 15.3 Å². The van der Waals surface area contributed by atoms with Gasteiger partial charge >= 0.3 is 0 Å². The molecule has 16 heavy (non-hydrogen) atoms. The van der Waals surface area contributed by atoms with Gasteiger partial charge in [0.15, 0.2) is 0 Å². The van der Waals surface area contributed by atoms with Crippen molar-refractivity contribution in [1.29, 1.82) is 0 Å². The van der Waals surface area contributed by atoms with Crippen LogP contribution in [0.15, 0.2) is 11.1 Å². The summed E-state index contributed by atoms with van der Waals surface area (Å²) in [5.74, 6) is 2.28. The number of aromatic amines is 1. The molecule has 0 aliphatic carbocycles. The summed E-state index contributed by atoms with van der Waals surface area (Å²) in [4.78, 5) is 20.6. The van der Waals surface area contributed by atoms with Crippen LogP contribution in [0.4, 0.5) is 5.82 Å². The van der Waals surface area contributed by atoms with E-state index in [9.17, 15) is 4.79 Å². The molecule has 3 rings (SSSR count). The maximum Gasteiger partial charge on any atom is 0.266 e. The molecule has 2 aliphatic heterocycles. The summed E-state index contributed by atoms with van der Waals surface area (Å²) in [5, 5.41) is 3.41. The van der Waals surface area contributed by atoms with E-state index >= 15 is 0 Å². The van der Waals surface area contributed by atoms with E-state index in [2.05, 4.69) is 42.8 Å². The molecule has 2 N–H and O–H groups in total. The average Bonchev–Trinajstić information content (AvgIpc) is 2.81. The molecule has 0 radical (unpaired) electrons. The second-order valence-corrected chi connectivity index (χ2v) is 5.53. The van der Waals surface area contributed by atoms with Gasteiger partial charge in [0.1, 0.15) is 9.39 Å². The van der Waals surface area contributed by atoms with Crippen LogP contribution in [0.1, 0.15) is 0 Å². The number of anilines is 1. The van der Waals surface area contributed by atoms with Crippen LogP contribution in [0.3, 0.4) is 0 Å². The third-order valence-corrected chi connectivity index (χ3v) is 4.44. The lowest BCUT2D eigenvalue weighted by Crippen LogP contribution is -2.29. The molecule has 1 aromatic rings. The Morgan fingerprint density at radius 1 is 1.38 bits per heavy atom. The smallest absolute Gasteiger partial charge is 0.266 e. The van der Waals surface area contributed by atoms with Gasteiger partial charge in [-0.25, -0.2) is 4.98 Å². The van der Waals surface area contributed by atoms with Gasteiger partial charge in [-0.05, 0) is 34.4 Å². The molecule has 0 spiro atoms. The van der Waals surface area contributed by atoms with Gasteiger partial charge < -0.3 is 15.2 Å². The summed E-state index contributed by atoms with van der Waals surface area (Å²) in [7, 11) is 0. The van der Waals surface area contributed by atoms with Gasteiger partial charge in [-0.3, -0.25) is 4.79 Å². The van der Waals surface area contributed by atoms with Crippen LogP contribution in [0, 0.1) is 15.4 Å². The maximum atomic E-state index is 11.5. The molecule has 2 atom stereocenters. The molecule has 0 saturated carbocycles. The first-order valence-electron chi connectivity index (χ1n) is 5.44. The van der Waals surface area contributed by atoms with Gasteiger partial charge in [0.25, 0.3) is 5.56 Å². The van der Waals surface area contributed by atoms with Crippen molar-refractivity contribution in [3.8, 4) is 0 Å². The van der Waals surface area contributed by atoms with E-state index in [1.807, 2.05) is 0 Å². The van der Waals surface area contributed by atoms with Crippen molar-refractivity contribution in [2.75, 3.05) is 31.1 Å². The van der Waals surface area contributed by atoms with Crippen LogP contribution in [0.2, 0.25) is 0 Å². The van der Waals surface area contributed by atoms with Crippen molar-refractivity contribution >= 4 is 28.4 Å². The van der Waals surface area contributed by atoms with E-state index in [0.717, 1.165) is 43.8 Å². The van der Waals surface area contributed by atoms with Crippen LogP contribution in [-0.4, -0.2) is 36.1 Å². The molecule has 2 unspecified atom stereocenters. The summed E-state index contributed by atoms with van der Waals surface area (Å²) in [6, 6.07) is 0. The predicted octanol–water partition coefficient (Wildman–Crippen LogP) is 0.0301. The number of fused-ring (bicyclic) bond motifs is 1. The number of rotatable bonds is 1. The quantitative estimate of drug-likeness (QED) is 0.713. The molecule has 0 amide bonds. The number of nitrogens with zero attached hydrogens (tertiary/aromatic N) is 2. The Morgan fingerprint density at radius 3 is 2.75 bits per heavy atom.